The van der Waals surface area contributed by atoms with Gasteiger partial charge in [-0.05, 0) is 18.2 Å². The van der Waals surface area contributed by atoms with E-state index in [1.807, 2.05) is 0 Å². The molecule has 0 saturated carbocycles. The van der Waals surface area contributed by atoms with Gasteiger partial charge in [-0.3, -0.25) is 0 Å². The van der Waals surface area contributed by atoms with Crippen LogP contribution in [-0.4, -0.2) is 30.9 Å². The predicted octanol–water partition coefficient (Wildman–Crippen LogP) is 1.63. The number of H-pyrrole nitrogens is 1. The molecule has 0 amide bonds. The molecule has 5 nitrogen and oxygen atoms in total. The number of aromatic amines is 1. The number of anilines is 2. The van der Waals surface area contributed by atoms with Crippen LogP contribution in [-0.2, 0) is 4.74 Å². The number of ether oxygens (including phenoxy) is 1. The maximum atomic E-state index is 14.7. The minimum Gasteiger partial charge on any atom is -0.465 e. The van der Waals surface area contributed by atoms with Crippen molar-refractivity contribution in [2.24, 2.45) is 0 Å². The van der Waals surface area contributed by atoms with Crippen LogP contribution in [0.25, 0.3) is 11.0 Å². The third-order valence-electron chi connectivity index (χ3n) is 3.44. The van der Waals surface area contributed by atoms with E-state index in [9.17, 15) is 13.6 Å². The van der Waals surface area contributed by atoms with Crippen LogP contribution in [0.4, 0.5) is 20.2 Å². The monoisotopic (exact) mass is 315 g/mol. The Morgan fingerprint density at radius 3 is 2.83 bits per heavy atom. The molecule has 116 valence electrons. The molecule has 0 saturated heterocycles. The molecule has 0 spiro atoms. The molecule has 2 N–H and O–H groups in total. The van der Waals surface area contributed by atoms with Crippen LogP contribution in [0, 0.1) is 11.6 Å². The zero-order chi connectivity index (χ0) is 16.6. The lowest BCUT2D eigenvalue weighted by Crippen LogP contribution is -2.10. The molecular weight excluding hydrogens is 303 g/mol. The quantitative estimate of drug-likeness (QED) is 0.569. The minimum absolute atomic E-state index is 0.0488. The molecular formula is C15H12BF2N3O2. The van der Waals surface area contributed by atoms with Gasteiger partial charge in [-0.2, -0.15) is 0 Å². The second kappa shape index (κ2) is 5.71. The summed E-state index contributed by atoms with van der Waals surface area (Å²) < 4.78 is 33.4. The summed E-state index contributed by atoms with van der Waals surface area (Å²) in [6.07, 6.45) is 1.31. The lowest BCUT2D eigenvalue weighted by molar-refractivity contribution is 0.0601. The zero-order valence-electron chi connectivity index (χ0n) is 12.4. The van der Waals surface area contributed by atoms with E-state index in [1.54, 1.807) is 13.9 Å². The smallest absolute Gasteiger partial charge is 0.340 e. The highest BCUT2D eigenvalue weighted by Crippen LogP contribution is 2.30. The molecule has 3 aromatic rings. The number of methoxy groups -OCH3 is 1. The van der Waals surface area contributed by atoms with E-state index in [0.29, 0.717) is 5.52 Å². The van der Waals surface area contributed by atoms with Crippen LogP contribution in [0.5, 0.6) is 0 Å². The SMILES string of the molecule is Bc1ccc(Nc2c(C(=O)OC)cc3[nH]cnc3c2F)c(F)c1. The number of rotatable bonds is 3. The third kappa shape index (κ3) is 2.63. The highest BCUT2D eigenvalue weighted by Gasteiger charge is 2.21. The standard InChI is InChI=1S/C15H12BF2N3O2/c1-23-15(22)8-5-11-14(20-6-19-11)12(18)13(8)21-10-3-2-7(16)4-9(10)17/h2-6,21H,16H2,1H3,(H,19,20). The number of hydrogen-bond donors (Lipinski definition) is 2. The van der Waals surface area contributed by atoms with Crippen molar-refractivity contribution in [2.45, 2.75) is 0 Å². The summed E-state index contributed by atoms with van der Waals surface area (Å²) in [6, 6.07) is 5.87. The topological polar surface area (TPSA) is 67.0 Å². The molecule has 2 aromatic carbocycles. The van der Waals surface area contributed by atoms with Gasteiger partial charge >= 0.3 is 5.97 Å². The highest BCUT2D eigenvalue weighted by atomic mass is 19.1. The molecule has 1 heterocycles. The van der Waals surface area contributed by atoms with Crippen LogP contribution >= 0.6 is 0 Å². The van der Waals surface area contributed by atoms with Gasteiger partial charge in [0.1, 0.15) is 19.2 Å². The number of nitrogens with zero attached hydrogens (tertiary/aromatic N) is 1. The number of aromatic nitrogens is 2. The summed E-state index contributed by atoms with van der Waals surface area (Å²) in [4.78, 5) is 18.5. The molecule has 3 rings (SSSR count). The van der Waals surface area contributed by atoms with Crippen molar-refractivity contribution in [1.29, 1.82) is 0 Å². The Balaban J connectivity index is 2.17. The summed E-state index contributed by atoms with van der Waals surface area (Å²) >= 11 is 0. The number of imidazole rings is 1. The third-order valence-corrected chi connectivity index (χ3v) is 3.44. The summed E-state index contributed by atoms with van der Waals surface area (Å²) in [5.41, 5.74) is 0.936. The van der Waals surface area contributed by atoms with Crippen LogP contribution in [0.2, 0.25) is 0 Å². The maximum Gasteiger partial charge on any atom is 0.340 e. The average Bonchev–Trinajstić information content (AvgIpc) is 3.00. The Labute approximate surface area is 131 Å². The Kier molecular flexibility index (Phi) is 3.73. The van der Waals surface area contributed by atoms with Gasteiger partial charge in [-0.15, -0.1) is 0 Å². The Hall–Kier alpha value is -2.90. The minimum atomic E-state index is -0.760. The molecule has 0 fully saturated rings. The number of esters is 1. The number of halogens is 2. The average molecular weight is 315 g/mol. The first kappa shape index (κ1) is 15.0. The van der Waals surface area contributed by atoms with E-state index in [2.05, 4.69) is 20.0 Å². The fourth-order valence-electron chi connectivity index (χ4n) is 2.29. The largest absolute Gasteiger partial charge is 0.465 e. The maximum absolute atomic E-state index is 14.7. The van der Waals surface area contributed by atoms with Crippen molar-refractivity contribution in [2.75, 3.05) is 12.4 Å². The predicted molar refractivity (Wildman–Crippen MR) is 85.3 cm³/mol. The van der Waals surface area contributed by atoms with Gasteiger partial charge < -0.3 is 15.0 Å². The zero-order valence-corrected chi connectivity index (χ0v) is 12.4. The van der Waals surface area contributed by atoms with Crippen LogP contribution in [0.3, 0.4) is 0 Å². The molecule has 0 aliphatic rings. The lowest BCUT2D eigenvalue weighted by atomic mass is 9.96. The number of carbonyl (C=O) groups excluding carboxylic acids is 1. The van der Waals surface area contributed by atoms with Crippen molar-refractivity contribution >= 4 is 41.7 Å². The number of nitrogens with one attached hydrogen (secondary N) is 2. The Morgan fingerprint density at radius 2 is 2.13 bits per heavy atom. The van der Waals surface area contributed by atoms with Crippen molar-refractivity contribution in [3.8, 4) is 0 Å². The first-order valence-electron chi connectivity index (χ1n) is 6.78. The van der Waals surface area contributed by atoms with Crippen LogP contribution < -0.4 is 10.8 Å². The van der Waals surface area contributed by atoms with Gasteiger partial charge in [0.2, 0.25) is 0 Å². The molecule has 0 radical (unpaired) electrons. The van der Waals surface area contributed by atoms with Gasteiger partial charge in [-0.1, -0.05) is 11.5 Å². The van der Waals surface area contributed by atoms with Crippen molar-refractivity contribution < 1.29 is 18.3 Å². The van der Waals surface area contributed by atoms with Crippen LogP contribution in [0.1, 0.15) is 10.4 Å². The number of benzene rings is 2. The lowest BCUT2D eigenvalue weighted by Gasteiger charge is -2.13. The van der Waals surface area contributed by atoms with Crippen molar-refractivity contribution in [1.82, 2.24) is 9.97 Å². The number of fused-ring (bicyclic) bond motifs is 1. The first-order chi connectivity index (χ1) is 11.0. The second-order valence-corrected chi connectivity index (χ2v) is 5.01. The molecule has 0 unspecified atom stereocenters. The number of carbonyl (C=O) groups is 1. The van der Waals surface area contributed by atoms with Crippen LogP contribution in [0.15, 0.2) is 30.6 Å². The summed E-state index contributed by atoms with van der Waals surface area (Å²) in [5.74, 6) is -2.05. The molecule has 0 bridgehead atoms. The van der Waals surface area contributed by atoms with E-state index in [4.69, 9.17) is 0 Å². The van der Waals surface area contributed by atoms with E-state index < -0.39 is 17.6 Å². The summed E-state index contributed by atoms with van der Waals surface area (Å²) in [5, 5.41) is 2.63. The highest BCUT2D eigenvalue weighted by molar-refractivity contribution is 6.32. The van der Waals surface area contributed by atoms with Gasteiger partial charge in [0.25, 0.3) is 0 Å². The van der Waals surface area contributed by atoms with Crippen molar-refractivity contribution in [3.05, 3.63) is 47.8 Å². The normalized spacial score (nSPS) is 10.7. The molecule has 0 aliphatic carbocycles. The summed E-state index contributed by atoms with van der Waals surface area (Å²) in [7, 11) is 2.93. The summed E-state index contributed by atoms with van der Waals surface area (Å²) in [6.45, 7) is 0. The van der Waals surface area contributed by atoms with Gasteiger partial charge in [0.15, 0.2) is 5.82 Å². The fraction of sp³-hybridized carbons (Fsp3) is 0.0667. The van der Waals surface area contributed by atoms with E-state index in [-0.39, 0.29) is 22.5 Å². The molecule has 8 heteroatoms. The molecule has 0 atom stereocenters. The van der Waals surface area contributed by atoms with E-state index in [1.165, 1.54) is 31.6 Å². The molecule has 1 aromatic heterocycles. The van der Waals surface area contributed by atoms with Gasteiger partial charge in [0.05, 0.1) is 35.9 Å². The van der Waals surface area contributed by atoms with E-state index in [0.717, 1.165) is 5.46 Å². The molecule has 0 aliphatic heterocycles. The molecule has 23 heavy (non-hydrogen) atoms. The second-order valence-electron chi connectivity index (χ2n) is 5.01. The fourth-order valence-corrected chi connectivity index (χ4v) is 2.29. The van der Waals surface area contributed by atoms with E-state index >= 15 is 0 Å². The Morgan fingerprint density at radius 1 is 1.35 bits per heavy atom. The first-order valence-corrected chi connectivity index (χ1v) is 6.78. The van der Waals surface area contributed by atoms with Gasteiger partial charge in [0, 0.05) is 0 Å². The Bertz CT molecular complexity index is 911. The van der Waals surface area contributed by atoms with Crippen molar-refractivity contribution in [3.63, 3.8) is 0 Å². The van der Waals surface area contributed by atoms with Gasteiger partial charge in [-0.25, -0.2) is 18.6 Å². The number of hydrogen-bond acceptors (Lipinski definition) is 4.